The lowest BCUT2D eigenvalue weighted by atomic mass is 9.98. The molecule has 1 saturated heterocycles. The first-order chi connectivity index (χ1) is 13.8. The van der Waals surface area contributed by atoms with Gasteiger partial charge in [-0.2, -0.15) is 0 Å². The van der Waals surface area contributed by atoms with Crippen molar-refractivity contribution in [3.63, 3.8) is 0 Å². The first-order valence-electron chi connectivity index (χ1n) is 9.94. The van der Waals surface area contributed by atoms with Crippen LogP contribution in [0.15, 0.2) is 29.3 Å². The van der Waals surface area contributed by atoms with Gasteiger partial charge in [-0.3, -0.25) is 19.1 Å². The van der Waals surface area contributed by atoms with E-state index in [9.17, 15) is 9.59 Å². The SMILES string of the molecule is CC(C)(C)C(=O)OCn1cnc2cc(OCCCN3CCOCC3)ccc2c1=O. The van der Waals surface area contributed by atoms with Crippen molar-refractivity contribution in [3.8, 4) is 5.75 Å². The van der Waals surface area contributed by atoms with Gasteiger partial charge in [0.1, 0.15) is 12.1 Å². The molecule has 0 amide bonds. The molecule has 2 aromatic rings. The molecular formula is C21H29N3O5. The number of nitrogens with zero attached hydrogens (tertiary/aromatic N) is 3. The molecule has 1 aromatic carbocycles. The highest BCUT2D eigenvalue weighted by Gasteiger charge is 2.23. The van der Waals surface area contributed by atoms with Gasteiger partial charge in [0, 0.05) is 25.7 Å². The van der Waals surface area contributed by atoms with Crippen LogP contribution in [0.2, 0.25) is 0 Å². The van der Waals surface area contributed by atoms with Crippen LogP contribution in [0.5, 0.6) is 5.75 Å². The smallest absolute Gasteiger partial charge is 0.312 e. The summed E-state index contributed by atoms with van der Waals surface area (Å²) < 4.78 is 17.7. The van der Waals surface area contributed by atoms with Gasteiger partial charge in [0.2, 0.25) is 0 Å². The molecular weight excluding hydrogens is 374 g/mol. The number of morpholine rings is 1. The lowest BCUT2D eigenvalue weighted by Gasteiger charge is -2.26. The van der Waals surface area contributed by atoms with Gasteiger partial charge in [-0.1, -0.05) is 0 Å². The normalized spacial score (nSPS) is 15.4. The average Bonchev–Trinajstić information content (AvgIpc) is 2.70. The molecule has 0 spiro atoms. The number of fused-ring (bicyclic) bond motifs is 1. The lowest BCUT2D eigenvalue weighted by Crippen LogP contribution is -2.37. The highest BCUT2D eigenvalue weighted by Crippen LogP contribution is 2.18. The Morgan fingerprint density at radius 3 is 2.72 bits per heavy atom. The van der Waals surface area contributed by atoms with Crippen LogP contribution in [0.25, 0.3) is 10.9 Å². The second-order valence-corrected chi connectivity index (χ2v) is 8.17. The topological polar surface area (TPSA) is 82.9 Å². The van der Waals surface area contributed by atoms with Gasteiger partial charge in [-0.05, 0) is 39.3 Å². The van der Waals surface area contributed by atoms with E-state index in [2.05, 4.69) is 9.88 Å². The molecule has 3 rings (SSSR count). The molecule has 29 heavy (non-hydrogen) atoms. The Kier molecular flexibility index (Phi) is 6.87. The summed E-state index contributed by atoms with van der Waals surface area (Å²) in [6.45, 7) is 10.2. The number of rotatable bonds is 7. The van der Waals surface area contributed by atoms with E-state index >= 15 is 0 Å². The number of esters is 1. The summed E-state index contributed by atoms with van der Waals surface area (Å²) in [6, 6.07) is 5.23. The van der Waals surface area contributed by atoms with Crippen molar-refractivity contribution in [2.75, 3.05) is 39.5 Å². The van der Waals surface area contributed by atoms with Crippen molar-refractivity contribution >= 4 is 16.9 Å². The monoisotopic (exact) mass is 403 g/mol. The second-order valence-electron chi connectivity index (χ2n) is 8.17. The molecule has 158 valence electrons. The fourth-order valence-corrected chi connectivity index (χ4v) is 2.97. The number of aromatic nitrogens is 2. The minimum Gasteiger partial charge on any atom is -0.493 e. The van der Waals surface area contributed by atoms with Crippen LogP contribution in [0.3, 0.4) is 0 Å². The molecule has 0 saturated carbocycles. The van der Waals surface area contributed by atoms with Crippen molar-refractivity contribution < 1.29 is 19.0 Å². The first-order valence-corrected chi connectivity index (χ1v) is 9.94. The fourth-order valence-electron chi connectivity index (χ4n) is 2.97. The molecule has 0 N–H and O–H groups in total. The Hall–Kier alpha value is -2.45. The van der Waals surface area contributed by atoms with Gasteiger partial charge in [0.05, 0.1) is 36.1 Å². The maximum Gasteiger partial charge on any atom is 0.312 e. The summed E-state index contributed by atoms with van der Waals surface area (Å²) in [5.74, 6) is 0.314. The zero-order chi connectivity index (χ0) is 20.9. The second kappa shape index (κ2) is 9.37. The molecule has 1 fully saturated rings. The summed E-state index contributed by atoms with van der Waals surface area (Å²) in [4.78, 5) is 31.2. The zero-order valence-corrected chi connectivity index (χ0v) is 17.3. The molecule has 8 heteroatoms. The quantitative estimate of drug-likeness (QED) is 0.517. The van der Waals surface area contributed by atoms with Crippen LogP contribution in [0.4, 0.5) is 0 Å². The summed E-state index contributed by atoms with van der Waals surface area (Å²) in [7, 11) is 0. The number of carbonyl (C=O) groups is 1. The summed E-state index contributed by atoms with van der Waals surface area (Å²) in [5, 5.41) is 0.458. The molecule has 1 aliphatic rings. The first kappa shape index (κ1) is 21.3. The minimum atomic E-state index is -0.623. The van der Waals surface area contributed by atoms with Gasteiger partial charge in [-0.25, -0.2) is 4.98 Å². The Labute approximate surface area is 170 Å². The van der Waals surface area contributed by atoms with Gasteiger partial charge in [0.15, 0.2) is 6.73 Å². The molecule has 0 atom stereocenters. The number of hydrogen-bond donors (Lipinski definition) is 0. The molecule has 2 heterocycles. The van der Waals surface area contributed by atoms with Gasteiger partial charge >= 0.3 is 5.97 Å². The van der Waals surface area contributed by atoms with Crippen molar-refractivity contribution in [1.29, 1.82) is 0 Å². The minimum absolute atomic E-state index is 0.155. The van der Waals surface area contributed by atoms with E-state index in [0.717, 1.165) is 39.3 Å². The van der Waals surface area contributed by atoms with Crippen LogP contribution < -0.4 is 10.3 Å². The molecule has 0 radical (unpaired) electrons. The molecule has 0 bridgehead atoms. The summed E-state index contributed by atoms with van der Waals surface area (Å²) in [6.07, 6.45) is 2.31. The van der Waals surface area contributed by atoms with Crippen LogP contribution in [-0.2, 0) is 21.0 Å². The zero-order valence-electron chi connectivity index (χ0n) is 17.3. The number of ether oxygens (including phenoxy) is 3. The van der Waals surface area contributed by atoms with E-state index in [1.807, 2.05) is 0 Å². The third-order valence-electron chi connectivity index (χ3n) is 4.73. The largest absolute Gasteiger partial charge is 0.493 e. The molecule has 1 aromatic heterocycles. The van der Waals surface area contributed by atoms with E-state index in [-0.39, 0.29) is 18.3 Å². The van der Waals surface area contributed by atoms with Crippen molar-refractivity contribution in [1.82, 2.24) is 14.5 Å². The van der Waals surface area contributed by atoms with Gasteiger partial charge in [-0.15, -0.1) is 0 Å². The highest BCUT2D eigenvalue weighted by molar-refractivity contribution is 5.79. The third kappa shape index (κ3) is 5.77. The third-order valence-corrected chi connectivity index (χ3v) is 4.73. The van der Waals surface area contributed by atoms with E-state index in [4.69, 9.17) is 14.2 Å². The lowest BCUT2D eigenvalue weighted by molar-refractivity contribution is -0.157. The van der Waals surface area contributed by atoms with Gasteiger partial charge < -0.3 is 14.2 Å². The van der Waals surface area contributed by atoms with E-state index in [1.54, 1.807) is 39.0 Å². The molecule has 1 aliphatic heterocycles. The number of benzene rings is 1. The van der Waals surface area contributed by atoms with E-state index in [1.165, 1.54) is 10.9 Å². The van der Waals surface area contributed by atoms with Crippen LogP contribution in [-0.4, -0.2) is 59.9 Å². The Morgan fingerprint density at radius 1 is 1.24 bits per heavy atom. The molecule has 0 aliphatic carbocycles. The van der Waals surface area contributed by atoms with Crippen molar-refractivity contribution in [2.45, 2.75) is 33.9 Å². The molecule has 0 unspecified atom stereocenters. The Bertz CT molecular complexity index is 897. The molecule has 8 nitrogen and oxygen atoms in total. The maximum absolute atomic E-state index is 12.6. The van der Waals surface area contributed by atoms with Gasteiger partial charge in [0.25, 0.3) is 5.56 Å². The Morgan fingerprint density at radius 2 is 2.00 bits per heavy atom. The number of carbonyl (C=O) groups excluding carboxylic acids is 1. The predicted molar refractivity (Wildman–Crippen MR) is 109 cm³/mol. The maximum atomic E-state index is 12.6. The standard InChI is InChI=1S/C21H29N3O5/c1-21(2,3)20(26)29-15-24-14-22-18-13-16(5-6-17(18)19(24)25)28-10-4-7-23-8-11-27-12-9-23/h5-6,13-14H,4,7-12,15H2,1-3H3. The Balaban J connectivity index is 1.57. The van der Waals surface area contributed by atoms with Crippen LogP contribution in [0.1, 0.15) is 27.2 Å². The summed E-state index contributed by atoms with van der Waals surface area (Å²) in [5.41, 5.74) is -0.323. The fraction of sp³-hybridized carbons (Fsp3) is 0.571. The van der Waals surface area contributed by atoms with Crippen LogP contribution in [0, 0.1) is 5.41 Å². The predicted octanol–water partition coefficient (Wildman–Crippen LogP) is 2.04. The van der Waals surface area contributed by atoms with Crippen molar-refractivity contribution in [3.05, 3.63) is 34.9 Å². The van der Waals surface area contributed by atoms with Crippen LogP contribution >= 0.6 is 0 Å². The summed E-state index contributed by atoms with van der Waals surface area (Å²) >= 11 is 0. The van der Waals surface area contributed by atoms with E-state index in [0.29, 0.717) is 23.3 Å². The average molecular weight is 403 g/mol. The van der Waals surface area contributed by atoms with Crippen molar-refractivity contribution in [2.24, 2.45) is 5.41 Å². The number of hydrogen-bond acceptors (Lipinski definition) is 7. The highest BCUT2D eigenvalue weighted by atomic mass is 16.5. The van der Waals surface area contributed by atoms with E-state index < -0.39 is 5.41 Å².